The second kappa shape index (κ2) is 11.6. The van der Waals surface area contributed by atoms with Crippen molar-refractivity contribution in [3.63, 3.8) is 0 Å². The molecule has 3 heterocycles. The predicted molar refractivity (Wildman–Crippen MR) is 169 cm³/mol. The smallest absolute Gasteiger partial charge is 0.298 e. The van der Waals surface area contributed by atoms with Gasteiger partial charge in [0, 0.05) is 51.0 Å². The van der Waals surface area contributed by atoms with Gasteiger partial charge in [-0.3, -0.25) is 14.3 Å². The lowest BCUT2D eigenvalue weighted by Crippen LogP contribution is -2.58. The molecular weight excluding hydrogens is 594 g/mol. The number of alkyl halides is 2. The van der Waals surface area contributed by atoms with Crippen LogP contribution in [-0.4, -0.2) is 68.1 Å². The third-order valence-electron chi connectivity index (χ3n) is 8.26. The van der Waals surface area contributed by atoms with Gasteiger partial charge in [-0.1, -0.05) is 42.5 Å². The summed E-state index contributed by atoms with van der Waals surface area (Å²) >= 11 is 0. The van der Waals surface area contributed by atoms with Crippen LogP contribution in [0.2, 0.25) is 0 Å². The number of likely N-dealkylation sites (N-methyl/N-ethyl adjacent to an activating group) is 1. The first kappa shape index (κ1) is 30.2. The topological polar surface area (TPSA) is 103 Å². The largest absolute Gasteiger partial charge is 0.488 e. The summed E-state index contributed by atoms with van der Waals surface area (Å²) in [5, 5.41) is 16.2. The molecule has 3 aromatic carbocycles. The maximum absolute atomic E-state index is 15.2. The van der Waals surface area contributed by atoms with Crippen molar-refractivity contribution in [3.8, 4) is 11.8 Å². The number of carbonyl (C=O) groups excluding carboxylic acids is 2. The highest BCUT2D eigenvalue weighted by atomic mass is 28.1. The third-order valence-corrected chi connectivity index (χ3v) is 9.02. The van der Waals surface area contributed by atoms with Crippen LogP contribution in [0, 0.1) is 11.3 Å². The van der Waals surface area contributed by atoms with Gasteiger partial charge in [-0.2, -0.15) is 19.1 Å². The number of nitrogens with one attached hydrogen (secondary N) is 1. The van der Waals surface area contributed by atoms with Crippen LogP contribution in [0.25, 0.3) is 0 Å². The Morgan fingerprint density at radius 3 is 2.51 bits per heavy atom. The van der Waals surface area contributed by atoms with E-state index in [1.54, 1.807) is 35.2 Å². The Labute approximate surface area is 262 Å². The molecule has 0 aliphatic carbocycles. The average molecular weight is 627 g/mol. The van der Waals surface area contributed by atoms with Crippen molar-refractivity contribution >= 4 is 33.4 Å². The minimum Gasteiger partial charge on any atom is -0.488 e. The second-order valence-corrected chi connectivity index (χ2v) is 14.2. The highest BCUT2D eigenvalue weighted by Gasteiger charge is 2.43. The van der Waals surface area contributed by atoms with Crippen LogP contribution >= 0.6 is 0 Å². The van der Waals surface area contributed by atoms with E-state index in [4.69, 9.17) is 4.74 Å². The maximum atomic E-state index is 15.2. The molecule has 0 saturated carbocycles. The van der Waals surface area contributed by atoms with Gasteiger partial charge in [0.05, 0.1) is 23.9 Å². The number of aromatic nitrogens is 2. The van der Waals surface area contributed by atoms with Crippen LogP contribution in [0.5, 0.6) is 5.75 Å². The van der Waals surface area contributed by atoms with Crippen LogP contribution < -0.4 is 15.0 Å². The molecule has 2 amide bonds. The van der Waals surface area contributed by atoms with E-state index < -0.39 is 22.9 Å². The van der Waals surface area contributed by atoms with Gasteiger partial charge in [-0.25, -0.2) is 0 Å². The van der Waals surface area contributed by atoms with Gasteiger partial charge in [0.2, 0.25) is 0 Å². The van der Waals surface area contributed by atoms with Crippen molar-refractivity contribution in [2.75, 3.05) is 30.4 Å². The molecule has 45 heavy (non-hydrogen) atoms. The van der Waals surface area contributed by atoms with Crippen molar-refractivity contribution in [2.45, 2.75) is 37.1 Å². The van der Waals surface area contributed by atoms with Crippen LogP contribution in [0.1, 0.15) is 50.9 Å². The molecule has 6 rings (SSSR count). The first-order chi connectivity index (χ1) is 21.5. The molecule has 1 N–H and O–H groups in total. The fraction of sp³-hybridized carbons (Fsp3) is 0.273. The third kappa shape index (κ3) is 5.72. The summed E-state index contributed by atoms with van der Waals surface area (Å²) in [6.07, 6.45) is 2.20. The number of halogens is 2. The lowest BCUT2D eigenvalue weighted by atomic mass is 9.99. The Kier molecular flexibility index (Phi) is 7.76. The van der Waals surface area contributed by atoms with E-state index in [9.17, 15) is 14.9 Å². The molecule has 2 aliphatic heterocycles. The minimum atomic E-state index is -3.21. The van der Waals surface area contributed by atoms with Crippen LogP contribution in [0.15, 0.2) is 79.0 Å². The lowest BCUT2D eigenvalue weighted by molar-refractivity contribution is 0.0428. The molecule has 1 unspecified atom stereocenters. The lowest BCUT2D eigenvalue weighted by Gasteiger charge is -2.42. The first-order valence-electron chi connectivity index (χ1n) is 14.6. The number of hydrogen-bond acceptors (Lipinski definition) is 6. The normalized spacial score (nSPS) is 20.1. The molecule has 2 aliphatic rings. The van der Waals surface area contributed by atoms with E-state index in [-0.39, 0.29) is 34.1 Å². The number of fused-ring (bicyclic) bond motifs is 1. The highest BCUT2D eigenvalue weighted by Crippen LogP contribution is 2.38. The first-order valence-corrected chi connectivity index (χ1v) is 15.6. The van der Waals surface area contributed by atoms with E-state index in [1.807, 2.05) is 14.0 Å². The molecule has 1 fully saturated rings. The molecule has 0 spiro atoms. The number of likely N-dealkylation sites (tertiary alicyclic amines) is 1. The van der Waals surface area contributed by atoms with E-state index >= 15 is 8.78 Å². The monoisotopic (exact) mass is 626 g/mol. The summed E-state index contributed by atoms with van der Waals surface area (Å²) in [5.74, 6) is -3.77. The summed E-state index contributed by atoms with van der Waals surface area (Å²) in [6.45, 7) is 3.92. The number of nitriles is 1. The minimum absolute atomic E-state index is 0.0145. The van der Waals surface area contributed by atoms with Crippen molar-refractivity contribution in [3.05, 3.63) is 107 Å². The molecule has 12 heteroatoms. The fourth-order valence-corrected chi connectivity index (χ4v) is 6.74. The number of nitrogens with zero attached hydrogens (tertiary/aromatic N) is 5. The van der Waals surface area contributed by atoms with Gasteiger partial charge in [-0.05, 0) is 50.7 Å². The SMILES string of the molecule is CN1CCC(Oc2ccc(NC(=O)c3cnn4c3C(=O)N(c3ccc(C(F)(F)c5ccccc5)cc3)[C@@](C)([SiH3])C4)cc2C#N)C1. The Morgan fingerprint density at radius 2 is 1.84 bits per heavy atom. The fourth-order valence-electron chi connectivity index (χ4n) is 5.98. The molecule has 1 aromatic heterocycles. The summed E-state index contributed by atoms with van der Waals surface area (Å²) < 4.78 is 37.9. The van der Waals surface area contributed by atoms with Crippen LogP contribution in [0.3, 0.4) is 0 Å². The van der Waals surface area contributed by atoms with Crippen LogP contribution in [0.4, 0.5) is 20.2 Å². The Bertz CT molecular complexity index is 1800. The molecule has 2 atom stereocenters. The van der Waals surface area contributed by atoms with E-state index in [0.717, 1.165) is 19.5 Å². The summed E-state index contributed by atoms with van der Waals surface area (Å²) in [6, 6.07) is 20.2. The Hall–Kier alpha value is -4.86. The number of amides is 2. The standard InChI is InChI=1S/C33H32F2N6O3Si/c1-32(45)20-40-29(31(43)41(32)25-11-8-23(9-12-25)33(34,35)22-6-4-3-5-7-22)27(18-37-40)30(42)38-24-10-13-28(21(16-24)17-36)44-26-14-15-39(2)19-26/h3-13,16,18,26H,14-15,19-20H2,1-2,45H3,(H,38,42)/t26?,32-/m0/s1. The van der Waals surface area contributed by atoms with Gasteiger partial charge in [-0.15, -0.1) is 0 Å². The van der Waals surface area contributed by atoms with Gasteiger partial charge in [0.1, 0.15) is 23.6 Å². The molecule has 1 saturated heterocycles. The van der Waals surface area contributed by atoms with Crippen LogP contribution in [-0.2, 0) is 12.5 Å². The van der Waals surface area contributed by atoms with Gasteiger partial charge in [0.15, 0.2) is 0 Å². The average Bonchev–Trinajstić information content (AvgIpc) is 3.63. The van der Waals surface area contributed by atoms with E-state index in [2.05, 4.69) is 21.4 Å². The zero-order valence-corrected chi connectivity index (χ0v) is 27.1. The highest BCUT2D eigenvalue weighted by molar-refractivity contribution is 6.25. The zero-order valence-electron chi connectivity index (χ0n) is 25.1. The molecule has 0 bridgehead atoms. The summed E-state index contributed by atoms with van der Waals surface area (Å²) in [7, 11) is 2.55. The molecule has 0 radical (unpaired) electrons. The number of carbonyl (C=O) groups is 2. The summed E-state index contributed by atoms with van der Waals surface area (Å²) in [5.41, 5.74) is 0.972. The van der Waals surface area contributed by atoms with Gasteiger partial charge < -0.3 is 19.9 Å². The maximum Gasteiger partial charge on any atom is 0.298 e. The molecular formula is C33H32F2N6O3Si. The molecule has 4 aromatic rings. The van der Waals surface area contributed by atoms with Gasteiger partial charge >= 0.3 is 0 Å². The quantitative estimate of drug-likeness (QED) is 0.312. The number of rotatable bonds is 7. The van der Waals surface area contributed by atoms with Gasteiger partial charge in [0.25, 0.3) is 17.7 Å². The van der Waals surface area contributed by atoms with Crippen molar-refractivity contribution < 1.29 is 23.1 Å². The molecule has 9 nitrogen and oxygen atoms in total. The number of hydrogen-bond donors (Lipinski definition) is 1. The Balaban J connectivity index is 1.23. The van der Waals surface area contributed by atoms with Crippen molar-refractivity contribution in [2.24, 2.45) is 0 Å². The van der Waals surface area contributed by atoms with E-state index in [1.165, 1.54) is 53.3 Å². The number of ether oxygens (including phenoxy) is 1. The predicted octanol–water partition coefficient (Wildman–Crippen LogP) is 3.97. The second-order valence-electron chi connectivity index (χ2n) is 12.1. The Morgan fingerprint density at radius 1 is 1.13 bits per heavy atom. The number of anilines is 2. The summed E-state index contributed by atoms with van der Waals surface area (Å²) in [4.78, 5) is 31.2. The van der Waals surface area contributed by atoms with Crippen molar-refractivity contribution in [1.82, 2.24) is 14.7 Å². The van der Waals surface area contributed by atoms with E-state index in [0.29, 0.717) is 33.9 Å². The zero-order chi connectivity index (χ0) is 31.9. The van der Waals surface area contributed by atoms with Crippen molar-refractivity contribution in [1.29, 1.82) is 5.26 Å². The molecule has 230 valence electrons. The number of benzene rings is 3.